The molecule has 10 heteroatoms. The number of fused-ring (bicyclic) bond motifs is 1. The monoisotopic (exact) mass is 414 g/mol. The van der Waals surface area contributed by atoms with Gasteiger partial charge < -0.3 is 15.4 Å². The van der Waals surface area contributed by atoms with Crippen molar-refractivity contribution in [3.05, 3.63) is 48.0 Å². The molecule has 3 rings (SSSR count). The van der Waals surface area contributed by atoms with E-state index in [9.17, 15) is 26.4 Å². The average molecular weight is 414 g/mol. The maximum absolute atomic E-state index is 12.8. The SMILES string of the molecule is O=C1CCc2cc(OCCNc3ccccc3S(=O)(=O)C(F)(F)F)ccc2N1. The first-order valence-electron chi connectivity index (χ1n) is 8.38. The van der Waals surface area contributed by atoms with Crippen LogP contribution in [0.4, 0.5) is 24.5 Å². The Balaban J connectivity index is 1.62. The first-order valence-corrected chi connectivity index (χ1v) is 9.86. The number of carbonyl (C=O) groups is 1. The molecule has 0 unspecified atom stereocenters. The van der Waals surface area contributed by atoms with Crippen LogP contribution in [0.3, 0.4) is 0 Å². The number of rotatable bonds is 6. The van der Waals surface area contributed by atoms with Crippen molar-refractivity contribution in [2.75, 3.05) is 23.8 Å². The van der Waals surface area contributed by atoms with E-state index in [1.807, 2.05) is 0 Å². The minimum atomic E-state index is -5.45. The zero-order chi connectivity index (χ0) is 20.4. The van der Waals surface area contributed by atoms with Gasteiger partial charge in [-0.2, -0.15) is 13.2 Å². The smallest absolute Gasteiger partial charge is 0.492 e. The third-order valence-corrected chi connectivity index (χ3v) is 5.68. The number of sulfone groups is 1. The van der Waals surface area contributed by atoms with Crippen molar-refractivity contribution in [1.29, 1.82) is 0 Å². The topological polar surface area (TPSA) is 84.5 Å². The number of ether oxygens (including phenoxy) is 1. The van der Waals surface area contributed by atoms with Gasteiger partial charge in [0.05, 0.1) is 10.6 Å². The summed E-state index contributed by atoms with van der Waals surface area (Å²) in [5, 5.41) is 5.42. The van der Waals surface area contributed by atoms with Crippen LogP contribution in [0.15, 0.2) is 47.4 Å². The Morgan fingerprint density at radius 1 is 1.11 bits per heavy atom. The van der Waals surface area contributed by atoms with Gasteiger partial charge in [0.25, 0.3) is 9.84 Å². The number of aryl methyl sites for hydroxylation is 1. The van der Waals surface area contributed by atoms with Gasteiger partial charge in [-0.05, 0) is 42.3 Å². The lowest BCUT2D eigenvalue weighted by atomic mass is 10.0. The number of hydrogen-bond acceptors (Lipinski definition) is 5. The van der Waals surface area contributed by atoms with Gasteiger partial charge in [0.15, 0.2) is 0 Å². The van der Waals surface area contributed by atoms with Crippen LogP contribution in [-0.4, -0.2) is 33.0 Å². The molecule has 2 N–H and O–H groups in total. The van der Waals surface area contributed by atoms with Gasteiger partial charge in [-0.15, -0.1) is 0 Å². The molecule has 0 radical (unpaired) electrons. The number of carbonyl (C=O) groups excluding carboxylic acids is 1. The van der Waals surface area contributed by atoms with Crippen LogP contribution in [-0.2, 0) is 21.1 Å². The lowest BCUT2D eigenvalue weighted by Gasteiger charge is -2.18. The zero-order valence-electron chi connectivity index (χ0n) is 14.5. The molecule has 1 heterocycles. The molecule has 0 aliphatic carbocycles. The average Bonchev–Trinajstić information content (AvgIpc) is 2.64. The summed E-state index contributed by atoms with van der Waals surface area (Å²) in [7, 11) is -5.45. The number of alkyl halides is 3. The van der Waals surface area contributed by atoms with E-state index < -0.39 is 20.2 Å². The van der Waals surface area contributed by atoms with E-state index in [1.54, 1.807) is 18.2 Å². The normalized spacial score (nSPS) is 14.2. The van der Waals surface area contributed by atoms with Crippen molar-refractivity contribution >= 4 is 27.1 Å². The Morgan fingerprint density at radius 2 is 1.86 bits per heavy atom. The van der Waals surface area contributed by atoms with Crippen molar-refractivity contribution in [2.24, 2.45) is 0 Å². The van der Waals surface area contributed by atoms with E-state index in [4.69, 9.17) is 4.74 Å². The second-order valence-electron chi connectivity index (χ2n) is 6.09. The van der Waals surface area contributed by atoms with Gasteiger partial charge >= 0.3 is 5.51 Å². The molecular formula is C18H17F3N2O4S. The number of para-hydroxylation sites is 1. The number of hydrogen-bond donors (Lipinski definition) is 2. The summed E-state index contributed by atoms with van der Waals surface area (Å²) in [5.74, 6) is 0.505. The van der Waals surface area contributed by atoms with E-state index in [-0.39, 0.29) is 24.7 Å². The first-order chi connectivity index (χ1) is 13.2. The Bertz CT molecular complexity index is 991. The number of anilines is 2. The quantitative estimate of drug-likeness (QED) is 0.709. The van der Waals surface area contributed by atoms with Gasteiger partial charge in [-0.25, -0.2) is 8.42 Å². The fraction of sp³-hybridized carbons (Fsp3) is 0.278. The van der Waals surface area contributed by atoms with Crippen LogP contribution in [0.2, 0.25) is 0 Å². The van der Waals surface area contributed by atoms with Crippen LogP contribution < -0.4 is 15.4 Å². The summed E-state index contributed by atoms with van der Waals surface area (Å²) < 4.78 is 67.3. The van der Waals surface area contributed by atoms with Crippen LogP contribution in [0.1, 0.15) is 12.0 Å². The number of halogens is 3. The molecule has 6 nitrogen and oxygen atoms in total. The van der Waals surface area contributed by atoms with Crippen molar-refractivity contribution in [3.8, 4) is 5.75 Å². The van der Waals surface area contributed by atoms with E-state index in [1.165, 1.54) is 18.2 Å². The molecule has 28 heavy (non-hydrogen) atoms. The van der Waals surface area contributed by atoms with Gasteiger partial charge in [0.1, 0.15) is 12.4 Å². The molecule has 0 saturated carbocycles. The molecule has 0 spiro atoms. The third kappa shape index (κ3) is 4.22. The fourth-order valence-corrected chi connectivity index (χ4v) is 3.71. The molecule has 0 aromatic heterocycles. The van der Waals surface area contributed by atoms with Crippen LogP contribution in [0, 0.1) is 0 Å². The van der Waals surface area contributed by atoms with Gasteiger partial charge in [-0.1, -0.05) is 12.1 Å². The first kappa shape index (κ1) is 20.0. The Kier molecular flexibility index (Phi) is 5.50. The van der Waals surface area contributed by atoms with E-state index >= 15 is 0 Å². The second kappa shape index (κ2) is 7.70. The van der Waals surface area contributed by atoms with Gasteiger partial charge in [0.2, 0.25) is 5.91 Å². The predicted molar refractivity (Wildman–Crippen MR) is 97.1 cm³/mol. The minimum absolute atomic E-state index is 0.0437. The molecule has 0 atom stereocenters. The molecule has 0 bridgehead atoms. The Hall–Kier alpha value is -2.75. The van der Waals surface area contributed by atoms with Gasteiger partial charge in [-0.3, -0.25) is 4.79 Å². The van der Waals surface area contributed by atoms with Gasteiger partial charge in [0, 0.05) is 18.7 Å². The van der Waals surface area contributed by atoms with E-state index in [0.29, 0.717) is 18.6 Å². The zero-order valence-corrected chi connectivity index (χ0v) is 15.4. The van der Waals surface area contributed by atoms with Crippen LogP contribution >= 0.6 is 0 Å². The van der Waals surface area contributed by atoms with E-state index in [2.05, 4.69) is 10.6 Å². The van der Waals surface area contributed by atoms with Crippen LogP contribution in [0.5, 0.6) is 5.75 Å². The maximum Gasteiger partial charge on any atom is 0.501 e. The highest BCUT2D eigenvalue weighted by Crippen LogP contribution is 2.34. The highest BCUT2D eigenvalue weighted by Gasteiger charge is 2.47. The highest BCUT2D eigenvalue weighted by molar-refractivity contribution is 7.92. The lowest BCUT2D eigenvalue weighted by Crippen LogP contribution is -2.24. The summed E-state index contributed by atoms with van der Waals surface area (Å²) in [6, 6.07) is 10.0. The third-order valence-electron chi connectivity index (χ3n) is 4.14. The maximum atomic E-state index is 12.8. The van der Waals surface area contributed by atoms with E-state index in [0.717, 1.165) is 17.3 Å². The Morgan fingerprint density at radius 3 is 2.61 bits per heavy atom. The molecule has 0 saturated heterocycles. The summed E-state index contributed by atoms with van der Waals surface area (Å²) >= 11 is 0. The summed E-state index contributed by atoms with van der Waals surface area (Å²) in [6.07, 6.45) is 0.988. The van der Waals surface area contributed by atoms with Crippen LogP contribution in [0.25, 0.3) is 0 Å². The molecule has 1 amide bonds. The summed E-state index contributed by atoms with van der Waals surface area (Å²) in [4.78, 5) is 10.5. The summed E-state index contributed by atoms with van der Waals surface area (Å²) in [5.41, 5.74) is -3.85. The summed E-state index contributed by atoms with van der Waals surface area (Å²) in [6.45, 7) is 0.198. The molecule has 2 aromatic rings. The number of amides is 1. The highest BCUT2D eigenvalue weighted by atomic mass is 32.2. The molecule has 1 aliphatic heterocycles. The van der Waals surface area contributed by atoms with Crippen molar-refractivity contribution in [2.45, 2.75) is 23.2 Å². The Labute approximate surface area is 159 Å². The van der Waals surface area contributed by atoms with Crippen molar-refractivity contribution in [1.82, 2.24) is 0 Å². The lowest BCUT2D eigenvalue weighted by molar-refractivity contribution is -0.116. The van der Waals surface area contributed by atoms with Crippen molar-refractivity contribution < 1.29 is 31.1 Å². The number of benzene rings is 2. The second-order valence-corrected chi connectivity index (χ2v) is 8.00. The standard InChI is InChI=1S/C18H17F3N2O4S/c19-18(20,21)28(25,26)16-4-2-1-3-15(16)22-9-10-27-13-6-7-14-12(11-13)5-8-17(24)23-14/h1-4,6-7,11,22H,5,8-10H2,(H,23,24). The minimum Gasteiger partial charge on any atom is -0.492 e. The largest absolute Gasteiger partial charge is 0.501 e. The number of nitrogens with one attached hydrogen (secondary N) is 2. The molecule has 1 aliphatic rings. The molecule has 0 fully saturated rings. The molecular weight excluding hydrogens is 397 g/mol. The predicted octanol–water partition coefficient (Wildman–Crippen LogP) is 3.36. The molecule has 2 aromatic carbocycles. The fourth-order valence-electron chi connectivity index (χ4n) is 2.78. The molecule has 150 valence electrons. The van der Waals surface area contributed by atoms with Crippen molar-refractivity contribution in [3.63, 3.8) is 0 Å².